The Hall–Kier alpha value is -3.01. The van der Waals surface area contributed by atoms with Gasteiger partial charge in [-0.05, 0) is 22.4 Å². The third kappa shape index (κ3) is 3.51. The molecule has 0 atom stereocenters. The highest BCUT2D eigenvalue weighted by Gasteiger charge is 2.00. The fourth-order valence-corrected chi connectivity index (χ4v) is 1.95. The first-order valence-corrected chi connectivity index (χ1v) is 6.65. The van der Waals surface area contributed by atoms with Crippen molar-refractivity contribution in [3.05, 3.63) is 78.0 Å². The first kappa shape index (κ1) is 13.0. The van der Waals surface area contributed by atoms with E-state index in [0.29, 0.717) is 5.82 Å². The van der Waals surface area contributed by atoms with Gasteiger partial charge in [-0.15, -0.1) is 10.2 Å². The van der Waals surface area contributed by atoms with Crippen molar-refractivity contribution < 1.29 is 0 Å². The Labute approximate surface area is 123 Å². The summed E-state index contributed by atoms with van der Waals surface area (Å²) in [5, 5.41) is 14.5. The lowest BCUT2D eigenvalue weighted by molar-refractivity contribution is 0.871. The lowest BCUT2D eigenvalue weighted by Crippen LogP contribution is -1.97. The maximum atomic E-state index is 3.94. The van der Waals surface area contributed by atoms with E-state index in [0.717, 1.165) is 16.8 Å². The molecule has 21 heavy (non-hydrogen) atoms. The third-order valence-electron chi connectivity index (χ3n) is 2.98. The third-order valence-corrected chi connectivity index (χ3v) is 2.98. The summed E-state index contributed by atoms with van der Waals surface area (Å²) >= 11 is 0. The van der Waals surface area contributed by atoms with Crippen molar-refractivity contribution in [3.63, 3.8) is 0 Å². The number of anilines is 2. The highest BCUT2D eigenvalue weighted by molar-refractivity contribution is 5.78. The molecule has 0 spiro atoms. The summed E-state index contributed by atoms with van der Waals surface area (Å²) in [6.07, 6.45) is 5.77. The summed E-state index contributed by atoms with van der Waals surface area (Å²) in [6, 6.07) is 20.0. The van der Waals surface area contributed by atoms with Gasteiger partial charge < -0.3 is 5.32 Å². The minimum Gasteiger partial charge on any atom is -0.338 e. The second-order valence-electron chi connectivity index (χ2n) is 4.46. The summed E-state index contributed by atoms with van der Waals surface area (Å²) in [7, 11) is 0. The number of nitrogens with one attached hydrogen (secondary N) is 1. The molecule has 0 bridgehead atoms. The molecule has 0 saturated heterocycles. The zero-order valence-electron chi connectivity index (χ0n) is 11.3. The molecule has 0 fully saturated rings. The van der Waals surface area contributed by atoms with Crippen LogP contribution in [0.5, 0.6) is 0 Å². The lowest BCUT2D eigenvalue weighted by atomic mass is 10.1. The molecule has 102 valence electrons. The summed E-state index contributed by atoms with van der Waals surface area (Å²) < 4.78 is 0. The van der Waals surface area contributed by atoms with Gasteiger partial charge in [0.25, 0.3) is 0 Å². The van der Waals surface area contributed by atoms with E-state index in [2.05, 4.69) is 51.1 Å². The van der Waals surface area contributed by atoms with E-state index in [1.807, 2.05) is 36.4 Å². The maximum absolute atomic E-state index is 3.94. The van der Waals surface area contributed by atoms with Crippen LogP contribution in [0.15, 0.2) is 66.9 Å². The van der Waals surface area contributed by atoms with Crippen molar-refractivity contribution in [3.8, 4) is 0 Å². The molecule has 3 aromatic rings. The van der Waals surface area contributed by atoms with Gasteiger partial charge in [0.2, 0.25) is 0 Å². The van der Waals surface area contributed by atoms with E-state index in [1.54, 1.807) is 12.3 Å². The van der Waals surface area contributed by atoms with Crippen LogP contribution in [0.2, 0.25) is 0 Å². The van der Waals surface area contributed by atoms with Gasteiger partial charge in [-0.2, -0.15) is 0 Å². The highest BCUT2D eigenvalue weighted by Crippen LogP contribution is 2.21. The SMILES string of the molecule is C(=C\c1ccccc1Nc1ccnnn1)/c1ccccc1. The number of aromatic nitrogens is 3. The zero-order chi connectivity index (χ0) is 14.3. The Balaban J connectivity index is 1.84. The molecule has 0 unspecified atom stereocenters. The molecule has 1 N–H and O–H groups in total. The fraction of sp³-hybridized carbons (Fsp3) is 0. The van der Waals surface area contributed by atoms with Crippen LogP contribution in [-0.2, 0) is 0 Å². The smallest absolute Gasteiger partial charge is 0.156 e. The van der Waals surface area contributed by atoms with Gasteiger partial charge in [0, 0.05) is 11.8 Å². The van der Waals surface area contributed by atoms with E-state index in [4.69, 9.17) is 0 Å². The Morgan fingerprint density at radius 2 is 1.62 bits per heavy atom. The number of hydrogen-bond acceptors (Lipinski definition) is 4. The van der Waals surface area contributed by atoms with Gasteiger partial charge in [0.15, 0.2) is 5.82 Å². The average molecular weight is 274 g/mol. The monoisotopic (exact) mass is 274 g/mol. The molecule has 1 heterocycles. The van der Waals surface area contributed by atoms with E-state index in [-0.39, 0.29) is 0 Å². The van der Waals surface area contributed by atoms with Crippen LogP contribution in [0, 0.1) is 0 Å². The normalized spacial score (nSPS) is 10.7. The zero-order valence-corrected chi connectivity index (χ0v) is 11.3. The maximum Gasteiger partial charge on any atom is 0.156 e. The largest absolute Gasteiger partial charge is 0.338 e. The number of para-hydroxylation sites is 1. The predicted octanol–water partition coefficient (Wildman–Crippen LogP) is 3.79. The summed E-state index contributed by atoms with van der Waals surface area (Å²) in [4.78, 5) is 0. The van der Waals surface area contributed by atoms with Crippen molar-refractivity contribution >= 4 is 23.7 Å². The van der Waals surface area contributed by atoms with E-state index in [1.165, 1.54) is 0 Å². The summed E-state index contributed by atoms with van der Waals surface area (Å²) in [5.74, 6) is 0.672. The average Bonchev–Trinajstić information content (AvgIpc) is 2.56. The number of hydrogen-bond donors (Lipinski definition) is 1. The van der Waals surface area contributed by atoms with Crippen LogP contribution in [0.1, 0.15) is 11.1 Å². The Kier molecular flexibility index (Phi) is 3.98. The van der Waals surface area contributed by atoms with E-state index in [9.17, 15) is 0 Å². The quantitative estimate of drug-likeness (QED) is 0.735. The van der Waals surface area contributed by atoms with E-state index >= 15 is 0 Å². The molecule has 0 amide bonds. The van der Waals surface area contributed by atoms with Crippen LogP contribution in [0.3, 0.4) is 0 Å². The van der Waals surface area contributed by atoms with Crippen molar-refractivity contribution in [2.24, 2.45) is 0 Å². The molecule has 0 saturated carbocycles. The minimum atomic E-state index is 0.672. The fourth-order valence-electron chi connectivity index (χ4n) is 1.95. The van der Waals surface area contributed by atoms with Crippen molar-refractivity contribution in [1.82, 2.24) is 15.4 Å². The molecule has 3 rings (SSSR count). The topological polar surface area (TPSA) is 50.7 Å². The van der Waals surface area contributed by atoms with Gasteiger partial charge in [-0.3, -0.25) is 0 Å². The molecule has 0 aliphatic heterocycles. The minimum absolute atomic E-state index is 0.672. The molecule has 0 aliphatic rings. The van der Waals surface area contributed by atoms with Gasteiger partial charge in [0.1, 0.15) is 0 Å². The molecule has 0 radical (unpaired) electrons. The van der Waals surface area contributed by atoms with Gasteiger partial charge in [0.05, 0.1) is 6.20 Å². The molecule has 4 heteroatoms. The lowest BCUT2D eigenvalue weighted by Gasteiger charge is -2.07. The van der Waals surface area contributed by atoms with Crippen LogP contribution in [-0.4, -0.2) is 15.4 Å². The van der Waals surface area contributed by atoms with Crippen LogP contribution >= 0.6 is 0 Å². The molecule has 0 aliphatic carbocycles. The Morgan fingerprint density at radius 1 is 0.810 bits per heavy atom. The van der Waals surface area contributed by atoms with E-state index < -0.39 is 0 Å². The number of rotatable bonds is 4. The number of benzene rings is 2. The predicted molar refractivity (Wildman–Crippen MR) is 84.9 cm³/mol. The molecule has 4 nitrogen and oxygen atoms in total. The molecule has 1 aromatic heterocycles. The standard InChI is InChI=1S/C17H14N4/c1-2-6-14(7-3-1)10-11-15-8-4-5-9-16(15)19-17-12-13-18-21-20-17/h1-13H,(H,18,19,20)/b11-10+. The van der Waals surface area contributed by atoms with Gasteiger partial charge in [-0.1, -0.05) is 60.7 Å². The van der Waals surface area contributed by atoms with Crippen molar-refractivity contribution in [1.29, 1.82) is 0 Å². The Bertz CT molecular complexity index is 724. The summed E-state index contributed by atoms with van der Waals surface area (Å²) in [6.45, 7) is 0. The van der Waals surface area contributed by atoms with Crippen LogP contribution < -0.4 is 5.32 Å². The first-order chi connectivity index (χ1) is 10.4. The van der Waals surface area contributed by atoms with Crippen LogP contribution in [0.25, 0.3) is 12.2 Å². The second-order valence-corrected chi connectivity index (χ2v) is 4.46. The molecule has 2 aromatic carbocycles. The molecular formula is C17H14N4. The highest BCUT2D eigenvalue weighted by atomic mass is 15.3. The van der Waals surface area contributed by atoms with Crippen molar-refractivity contribution in [2.75, 3.05) is 5.32 Å². The van der Waals surface area contributed by atoms with Gasteiger partial charge in [-0.25, -0.2) is 0 Å². The summed E-state index contributed by atoms with van der Waals surface area (Å²) in [5.41, 5.74) is 3.22. The van der Waals surface area contributed by atoms with Crippen LogP contribution in [0.4, 0.5) is 11.5 Å². The Morgan fingerprint density at radius 3 is 2.43 bits per heavy atom. The van der Waals surface area contributed by atoms with Gasteiger partial charge >= 0.3 is 0 Å². The number of nitrogens with zero attached hydrogens (tertiary/aromatic N) is 3. The second kappa shape index (κ2) is 6.43. The first-order valence-electron chi connectivity index (χ1n) is 6.65. The molecular weight excluding hydrogens is 260 g/mol. The van der Waals surface area contributed by atoms with Crippen molar-refractivity contribution in [2.45, 2.75) is 0 Å².